The molecule has 0 bridgehead atoms. The molecular weight excluding hydrogens is 277 g/mol. The van der Waals surface area contributed by atoms with E-state index in [2.05, 4.69) is 15.5 Å². The zero-order valence-corrected chi connectivity index (χ0v) is 10.2. The van der Waals surface area contributed by atoms with Crippen molar-refractivity contribution in [3.8, 4) is 11.4 Å². The van der Waals surface area contributed by atoms with E-state index in [0.29, 0.717) is 12.1 Å². The summed E-state index contributed by atoms with van der Waals surface area (Å²) in [6.07, 6.45) is -0.331. The number of carboxylic acids is 1. The van der Waals surface area contributed by atoms with Gasteiger partial charge in [-0.3, -0.25) is 4.79 Å². The van der Waals surface area contributed by atoms with Gasteiger partial charge in [0.1, 0.15) is 17.5 Å². The molecule has 0 spiro atoms. The fourth-order valence-corrected chi connectivity index (χ4v) is 1.75. The Bertz CT molecular complexity index is 636. The molecule has 0 saturated heterocycles. The molecule has 6 nitrogen and oxygen atoms in total. The zero-order valence-electron chi connectivity index (χ0n) is 10.2. The minimum Gasteiger partial charge on any atom is -0.481 e. The Morgan fingerprint density at radius 2 is 1.95 bits per heavy atom. The highest BCUT2D eigenvalue weighted by Gasteiger charge is 2.23. The van der Waals surface area contributed by atoms with E-state index in [1.807, 2.05) is 0 Å². The largest absolute Gasteiger partial charge is 0.481 e. The number of tetrazole rings is 1. The summed E-state index contributed by atoms with van der Waals surface area (Å²) in [5.41, 5.74) is -0.603. The highest BCUT2D eigenvalue weighted by Crippen LogP contribution is 2.27. The van der Waals surface area contributed by atoms with E-state index in [1.54, 1.807) is 0 Å². The molecule has 1 N–H and O–H groups in total. The lowest BCUT2D eigenvalue weighted by Crippen LogP contribution is -2.14. The van der Waals surface area contributed by atoms with Crippen LogP contribution >= 0.6 is 0 Å². The van der Waals surface area contributed by atoms with Crippen LogP contribution in [0, 0.1) is 17.5 Å². The number of nitrogens with zero attached hydrogens (tertiary/aromatic N) is 4. The molecule has 2 aromatic rings. The SMILES string of the molecule is CC(CC(=O)O)n1nnnc1-c1c(F)cc(F)cc1F. The molecule has 106 valence electrons. The standard InChI is InChI=1S/C11H9F3N4O2/c1-5(2-9(19)20)18-11(15-16-17-18)10-7(13)3-6(12)4-8(10)14/h3-5H,2H2,1H3,(H,19,20). The van der Waals surface area contributed by atoms with Crippen molar-refractivity contribution >= 4 is 5.97 Å². The fourth-order valence-electron chi connectivity index (χ4n) is 1.75. The molecule has 1 unspecified atom stereocenters. The van der Waals surface area contributed by atoms with Crippen LogP contribution < -0.4 is 0 Å². The van der Waals surface area contributed by atoms with Crippen molar-refractivity contribution in [1.82, 2.24) is 20.2 Å². The molecule has 1 atom stereocenters. The third kappa shape index (κ3) is 2.60. The van der Waals surface area contributed by atoms with Crippen LogP contribution in [0.5, 0.6) is 0 Å². The van der Waals surface area contributed by atoms with E-state index in [0.717, 1.165) is 4.68 Å². The second-order valence-corrected chi connectivity index (χ2v) is 4.14. The topological polar surface area (TPSA) is 80.9 Å². The Hall–Kier alpha value is -2.45. The van der Waals surface area contributed by atoms with Crippen LogP contribution in [0.3, 0.4) is 0 Å². The normalized spacial score (nSPS) is 12.4. The number of carboxylic acid groups (broad SMARTS) is 1. The van der Waals surface area contributed by atoms with Gasteiger partial charge in [0.15, 0.2) is 5.82 Å². The maximum Gasteiger partial charge on any atom is 0.305 e. The number of hydrogen-bond acceptors (Lipinski definition) is 4. The summed E-state index contributed by atoms with van der Waals surface area (Å²) in [6.45, 7) is 1.48. The summed E-state index contributed by atoms with van der Waals surface area (Å²) >= 11 is 0. The van der Waals surface area contributed by atoms with Gasteiger partial charge in [0.2, 0.25) is 0 Å². The smallest absolute Gasteiger partial charge is 0.305 e. The van der Waals surface area contributed by atoms with Gasteiger partial charge in [-0.25, -0.2) is 17.9 Å². The lowest BCUT2D eigenvalue weighted by Gasteiger charge is -2.11. The quantitative estimate of drug-likeness (QED) is 0.926. The lowest BCUT2D eigenvalue weighted by atomic mass is 10.1. The molecule has 2 rings (SSSR count). The molecule has 1 heterocycles. The number of benzene rings is 1. The number of aliphatic carboxylic acids is 1. The van der Waals surface area contributed by atoms with Crippen molar-refractivity contribution in [2.24, 2.45) is 0 Å². The Kier molecular flexibility index (Phi) is 3.68. The molecule has 0 amide bonds. The first-order valence-corrected chi connectivity index (χ1v) is 5.54. The molecule has 0 fully saturated rings. The molecule has 20 heavy (non-hydrogen) atoms. The predicted molar refractivity (Wildman–Crippen MR) is 60.1 cm³/mol. The van der Waals surface area contributed by atoms with Crippen LogP contribution in [0.25, 0.3) is 11.4 Å². The number of rotatable bonds is 4. The van der Waals surface area contributed by atoms with Crippen molar-refractivity contribution in [2.45, 2.75) is 19.4 Å². The summed E-state index contributed by atoms with van der Waals surface area (Å²) < 4.78 is 41.2. The third-order valence-electron chi connectivity index (χ3n) is 2.61. The van der Waals surface area contributed by atoms with E-state index in [-0.39, 0.29) is 12.2 Å². The van der Waals surface area contributed by atoms with Crippen LogP contribution in [0.2, 0.25) is 0 Å². The average molecular weight is 286 g/mol. The van der Waals surface area contributed by atoms with Gasteiger partial charge in [-0.15, -0.1) is 5.10 Å². The van der Waals surface area contributed by atoms with Gasteiger partial charge < -0.3 is 5.11 Å². The van der Waals surface area contributed by atoms with Crippen LogP contribution in [0.4, 0.5) is 13.2 Å². The van der Waals surface area contributed by atoms with E-state index in [9.17, 15) is 18.0 Å². The highest BCUT2D eigenvalue weighted by molar-refractivity contribution is 5.67. The van der Waals surface area contributed by atoms with E-state index in [4.69, 9.17) is 5.11 Å². The van der Waals surface area contributed by atoms with E-state index < -0.39 is 35.0 Å². The van der Waals surface area contributed by atoms with Crippen LogP contribution in [-0.2, 0) is 4.79 Å². The minimum atomic E-state index is -1.17. The van der Waals surface area contributed by atoms with Gasteiger partial charge in [-0.1, -0.05) is 0 Å². The zero-order chi connectivity index (χ0) is 14.9. The number of carbonyl (C=O) groups is 1. The number of halogens is 3. The van der Waals surface area contributed by atoms with Gasteiger partial charge in [0.25, 0.3) is 0 Å². The van der Waals surface area contributed by atoms with Gasteiger partial charge in [-0.2, -0.15) is 0 Å². The third-order valence-corrected chi connectivity index (χ3v) is 2.61. The summed E-state index contributed by atoms with van der Waals surface area (Å²) in [5.74, 6) is -4.81. The summed E-state index contributed by atoms with van der Waals surface area (Å²) in [7, 11) is 0. The van der Waals surface area contributed by atoms with E-state index in [1.165, 1.54) is 6.92 Å². The van der Waals surface area contributed by atoms with Gasteiger partial charge in [0, 0.05) is 12.1 Å². The average Bonchev–Trinajstić information content (AvgIpc) is 2.75. The van der Waals surface area contributed by atoms with Crippen molar-refractivity contribution in [3.63, 3.8) is 0 Å². The first-order valence-electron chi connectivity index (χ1n) is 5.54. The first-order chi connectivity index (χ1) is 9.40. The van der Waals surface area contributed by atoms with Crippen LogP contribution in [0.1, 0.15) is 19.4 Å². The van der Waals surface area contributed by atoms with Crippen molar-refractivity contribution in [1.29, 1.82) is 0 Å². The van der Waals surface area contributed by atoms with Crippen molar-refractivity contribution in [3.05, 3.63) is 29.6 Å². The summed E-state index contributed by atoms with van der Waals surface area (Å²) in [6, 6.07) is 0.278. The maximum atomic E-state index is 13.7. The molecule has 0 aliphatic heterocycles. The Labute approximate surface area is 110 Å². The Balaban J connectivity index is 2.50. The second kappa shape index (κ2) is 5.27. The highest BCUT2D eigenvalue weighted by atomic mass is 19.1. The molecule has 1 aromatic heterocycles. The first kappa shape index (κ1) is 14.0. The Morgan fingerprint density at radius 1 is 1.35 bits per heavy atom. The molecule has 1 aromatic carbocycles. The monoisotopic (exact) mass is 286 g/mol. The van der Waals surface area contributed by atoms with Gasteiger partial charge >= 0.3 is 5.97 Å². The Morgan fingerprint density at radius 3 is 2.50 bits per heavy atom. The van der Waals surface area contributed by atoms with Crippen LogP contribution in [-0.4, -0.2) is 31.3 Å². The van der Waals surface area contributed by atoms with Gasteiger partial charge in [-0.05, 0) is 17.4 Å². The molecule has 0 saturated carbocycles. The van der Waals surface area contributed by atoms with Crippen LogP contribution in [0.15, 0.2) is 12.1 Å². The molecule has 9 heteroatoms. The summed E-state index contributed by atoms with van der Waals surface area (Å²) in [5, 5.41) is 19.0. The van der Waals surface area contributed by atoms with Gasteiger partial charge in [0.05, 0.1) is 18.0 Å². The van der Waals surface area contributed by atoms with Crippen molar-refractivity contribution in [2.75, 3.05) is 0 Å². The fraction of sp³-hybridized carbons (Fsp3) is 0.273. The molecule has 0 radical (unpaired) electrons. The molecule has 0 aliphatic rings. The second-order valence-electron chi connectivity index (χ2n) is 4.14. The molecule has 0 aliphatic carbocycles. The minimum absolute atomic E-state index is 0.297. The summed E-state index contributed by atoms with van der Waals surface area (Å²) in [4.78, 5) is 10.7. The number of hydrogen-bond donors (Lipinski definition) is 1. The maximum absolute atomic E-state index is 13.7. The van der Waals surface area contributed by atoms with Crippen molar-refractivity contribution < 1.29 is 23.1 Å². The lowest BCUT2D eigenvalue weighted by molar-refractivity contribution is -0.137. The molecular formula is C11H9F3N4O2. The van der Waals surface area contributed by atoms with E-state index >= 15 is 0 Å². The number of aromatic nitrogens is 4. The predicted octanol–water partition coefficient (Wildman–Crippen LogP) is 1.79.